The molecule has 0 saturated heterocycles. The Balaban J connectivity index is 1.48. The fourth-order valence-corrected chi connectivity index (χ4v) is 3.03. The van der Waals surface area contributed by atoms with Crippen LogP contribution in [0.1, 0.15) is 23.5 Å². The largest absolute Gasteiger partial charge is 0.586 e. The fraction of sp³-hybridized carbons (Fsp3) is 0.278. The van der Waals surface area contributed by atoms with Crippen LogP contribution in [0.3, 0.4) is 0 Å². The average molecular weight is 364 g/mol. The number of hydrogen-bond donors (Lipinski definition) is 1. The fourth-order valence-electron chi connectivity index (χ4n) is 3.03. The third kappa shape index (κ3) is 3.10. The third-order valence-corrected chi connectivity index (χ3v) is 4.19. The number of rotatable bonds is 5. The second-order valence-corrected chi connectivity index (χ2v) is 6.01. The Labute approximate surface area is 146 Å². The van der Waals surface area contributed by atoms with Crippen molar-refractivity contribution in [3.05, 3.63) is 47.5 Å². The standard InChI is InChI=1S/C18H14F2O6/c19-18(20)25-14-3-1-2-10(17(14)26-18)8-23-12-4-5-13-11(6-16(21)22)9-24-15(13)7-12/h1-5,7,11H,6,8-9H2,(H,21,22)/t11-/m1/s1. The first-order chi connectivity index (χ1) is 12.4. The van der Waals surface area contributed by atoms with Crippen molar-refractivity contribution in [2.75, 3.05) is 6.61 Å². The van der Waals surface area contributed by atoms with Crippen LogP contribution in [0, 0.1) is 0 Å². The minimum Gasteiger partial charge on any atom is -0.492 e. The van der Waals surface area contributed by atoms with E-state index in [-0.39, 0.29) is 30.4 Å². The molecule has 8 heteroatoms. The summed E-state index contributed by atoms with van der Waals surface area (Å²) in [6.07, 6.45) is -3.69. The summed E-state index contributed by atoms with van der Waals surface area (Å²) in [5, 5.41) is 8.92. The highest BCUT2D eigenvalue weighted by atomic mass is 19.3. The van der Waals surface area contributed by atoms with Gasteiger partial charge in [-0.25, -0.2) is 0 Å². The molecule has 0 saturated carbocycles. The normalized spacial score (nSPS) is 18.9. The van der Waals surface area contributed by atoms with E-state index in [1.54, 1.807) is 30.3 Å². The highest BCUT2D eigenvalue weighted by Crippen LogP contribution is 2.44. The van der Waals surface area contributed by atoms with E-state index in [4.69, 9.17) is 14.6 Å². The van der Waals surface area contributed by atoms with E-state index in [9.17, 15) is 13.6 Å². The summed E-state index contributed by atoms with van der Waals surface area (Å²) >= 11 is 0. The lowest BCUT2D eigenvalue weighted by Crippen LogP contribution is -2.26. The van der Waals surface area contributed by atoms with Gasteiger partial charge in [0.1, 0.15) is 18.1 Å². The molecule has 6 nitrogen and oxygen atoms in total. The molecule has 0 spiro atoms. The van der Waals surface area contributed by atoms with Gasteiger partial charge < -0.3 is 24.1 Å². The molecule has 2 aromatic rings. The smallest absolute Gasteiger partial charge is 0.492 e. The molecule has 4 rings (SSSR count). The van der Waals surface area contributed by atoms with Crippen molar-refractivity contribution in [2.24, 2.45) is 0 Å². The number of ether oxygens (including phenoxy) is 4. The lowest BCUT2D eigenvalue weighted by atomic mass is 9.98. The number of carboxylic acids is 1. The van der Waals surface area contributed by atoms with Gasteiger partial charge in [-0.15, -0.1) is 8.78 Å². The molecule has 0 aromatic heterocycles. The Kier molecular flexibility index (Phi) is 3.82. The molecule has 0 amide bonds. The lowest BCUT2D eigenvalue weighted by Gasteiger charge is -2.10. The molecule has 0 aliphatic carbocycles. The Bertz CT molecular complexity index is 867. The summed E-state index contributed by atoms with van der Waals surface area (Å²) < 4.78 is 46.5. The Morgan fingerprint density at radius 2 is 2.08 bits per heavy atom. The van der Waals surface area contributed by atoms with E-state index in [1.807, 2.05) is 0 Å². The maximum absolute atomic E-state index is 13.2. The van der Waals surface area contributed by atoms with Gasteiger partial charge >= 0.3 is 12.3 Å². The monoisotopic (exact) mass is 364 g/mol. The summed E-state index contributed by atoms with van der Waals surface area (Å²) in [5.74, 6) is -0.118. The lowest BCUT2D eigenvalue weighted by molar-refractivity contribution is -0.287. The Morgan fingerprint density at radius 1 is 1.23 bits per heavy atom. The van der Waals surface area contributed by atoms with Gasteiger partial charge in [0.25, 0.3) is 0 Å². The number of para-hydroxylation sites is 1. The average Bonchev–Trinajstić information content (AvgIpc) is 3.11. The molecule has 0 bridgehead atoms. The first kappa shape index (κ1) is 16.4. The van der Waals surface area contributed by atoms with Crippen LogP contribution in [0.5, 0.6) is 23.0 Å². The number of alkyl halides is 2. The molecule has 0 radical (unpaired) electrons. The number of halogens is 2. The Morgan fingerprint density at radius 3 is 2.88 bits per heavy atom. The highest BCUT2D eigenvalue weighted by Gasteiger charge is 2.44. The SMILES string of the molecule is O=C(O)C[C@@H]1COc2cc(OCc3cccc4c3OC(F)(F)O4)ccc21. The van der Waals surface area contributed by atoms with E-state index in [0.29, 0.717) is 23.7 Å². The predicted molar refractivity (Wildman–Crippen MR) is 83.9 cm³/mol. The molecule has 1 atom stereocenters. The van der Waals surface area contributed by atoms with Crippen LogP contribution in [0.15, 0.2) is 36.4 Å². The third-order valence-electron chi connectivity index (χ3n) is 4.19. The summed E-state index contributed by atoms with van der Waals surface area (Å²) in [6, 6.07) is 9.69. The number of carbonyl (C=O) groups is 1. The van der Waals surface area contributed by atoms with Crippen LogP contribution in [-0.2, 0) is 11.4 Å². The second kappa shape index (κ2) is 6.05. The van der Waals surface area contributed by atoms with Gasteiger partial charge in [-0.05, 0) is 12.1 Å². The topological polar surface area (TPSA) is 74.2 Å². The van der Waals surface area contributed by atoms with Gasteiger partial charge in [0.15, 0.2) is 11.5 Å². The van der Waals surface area contributed by atoms with Crippen molar-refractivity contribution in [1.82, 2.24) is 0 Å². The van der Waals surface area contributed by atoms with Crippen LogP contribution in [0.25, 0.3) is 0 Å². The van der Waals surface area contributed by atoms with Crippen molar-refractivity contribution < 1.29 is 37.6 Å². The van der Waals surface area contributed by atoms with E-state index >= 15 is 0 Å². The molecule has 2 aromatic carbocycles. The van der Waals surface area contributed by atoms with Crippen molar-refractivity contribution in [3.63, 3.8) is 0 Å². The minimum atomic E-state index is -3.68. The predicted octanol–water partition coefficient (Wildman–Crippen LogP) is 3.54. The number of fused-ring (bicyclic) bond motifs is 2. The number of aliphatic carboxylic acids is 1. The van der Waals surface area contributed by atoms with Crippen molar-refractivity contribution in [1.29, 1.82) is 0 Å². The van der Waals surface area contributed by atoms with Crippen molar-refractivity contribution in [2.45, 2.75) is 25.2 Å². The van der Waals surface area contributed by atoms with Crippen LogP contribution in [-0.4, -0.2) is 24.0 Å². The molecule has 0 fully saturated rings. The van der Waals surface area contributed by atoms with E-state index < -0.39 is 12.3 Å². The maximum Gasteiger partial charge on any atom is 0.586 e. The molecule has 136 valence electrons. The maximum atomic E-state index is 13.2. The van der Waals surface area contributed by atoms with Gasteiger partial charge in [0, 0.05) is 23.1 Å². The van der Waals surface area contributed by atoms with Gasteiger partial charge in [-0.2, -0.15) is 0 Å². The van der Waals surface area contributed by atoms with Crippen LogP contribution in [0.4, 0.5) is 8.78 Å². The molecule has 1 N–H and O–H groups in total. The van der Waals surface area contributed by atoms with Gasteiger partial charge in [-0.3, -0.25) is 4.79 Å². The minimum absolute atomic E-state index is 0.0000451. The number of benzene rings is 2. The quantitative estimate of drug-likeness (QED) is 0.875. The highest BCUT2D eigenvalue weighted by molar-refractivity contribution is 5.68. The first-order valence-corrected chi connectivity index (χ1v) is 7.90. The Hall–Kier alpha value is -3.03. The van der Waals surface area contributed by atoms with E-state index in [0.717, 1.165) is 5.56 Å². The zero-order valence-corrected chi connectivity index (χ0v) is 13.4. The van der Waals surface area contributed by atoms with Crippen LogP contribution < -0.4 is 18.9 Å². The summed E-state index contributed by atoms with van der Waals surface area (Å²) in [5.41, 5.74) is 1.24. The number of carboxylic acid groups (broad SMARTS) is 1. The summed E-state index contributed by atoms with van der Waals surface area (Å²) in [6.45, 7) is 0.303. The second-order valence-electron chi connectivity index (χ2n) is 6.01. The molecule has 26 heavy (non-hydrogen) atoms. The van der Waals surface area contributed by atoms with Gasteiger partial charge in [0.2, 0.25) is 0 Å². The van der Waals surface area contributed by atoms with Crippen LogP contribution >= 0.6 is 0 Å². The van der Waals surface area contributed by atoms with Gasteiger partial charge in [-0.1, -0.05) is 18.2 Å². The van der Waals surface area contributed by atoms with Crippen LogP contribution in [0.2, 0.25) is 0 Å². The molecule has 2 heterocycles. The van der Waals surface area contributed by atoms with E-state index in [1.165, 1.54) is 6.07 Å². The number of hydrogen-bond acceptors (Lipinski definition) is 5. The molecule has 2 aliphatic heterocycles. The summed E-state index contributed by atoms with van der Waals surface area (Å²) in [7, 11) is 0. The van der Waals surface area contributed by atoms with Crippen molar-refractivity contribution in [3.8, 4) is 23.0 Å². The zero-order chi connectivity index (χ0) is 18.3. The molecular weight excluding hydrogens is 350 g/mol. The first-order valence-electron chi connectivity index (χ1n) is 7.90. The summed E-state index contributed by atoms with van der Waals surface area (Å²) in [4.78, 5) is 10.9. The van der Waals surface area contributed by atoms with Gasteiger partial charge in [0.05, 0.1) is 13.0 Å². The zero-order valence-electron chi connectivity index (χ0n) is 13.4. The molecule has 2 aliphatic rings. The van der Waals surface area contributed by atoms with Crippen molar-refractivity contribution >= 4 is 5.97 Å². The molecule has 0 unspecified atom stereocenters. The van der Waals surface area contributed by atoms with E-state index in [2.05, 4.69) is 9.47 Å². The molecular formula is C18H14F2O6.